The Labute approximate surface area is 152 Å². The van der Waals surface area contributed by atoms with Gasteiger partial charge in [-0.25, -0.2) is 0 Å². The van der Waals surface area contributed by atoms with E-state index in [0.29, 0.717) is 5.56 Å². The van der Waals surface area contributed by atoms with Crippen LogP contribution in [0, 0.1) is 0 Å². The zero-order valence-corrected chi connectivity index (χ0v) is 14.8. The van der Waals surface area contributed by atoms with E-state index in [1.165, 1.54) is 10.5 Å². The predicted molar refractivity (Wildman–Crippen MR) is 98.8 cm³/mol. The van der Waals surface area contributed by atoms with Gasteiger partial charge in [0, 0.05) is 18.5 Å². The number of Topliss-reactive ketones (excluding diaryl/α,β-unsaturated/α-hetero) is 1. The predicted octanol–water partition coefficient (Wildman–Crippen LogP) is 2.05. The number of ketones is 1. The van der Waals surface area contributed by atoms with Crippen molar-refractivity contribution in [3.05, 3.63) is 59.7 Å². The molecule has 1 fully saturated rings. The highest BCUT2D eigenvalue weighted by Gasteiger charge is 2.38. The van der Waals surface area contributed by atoms with Gasteiger partial charge in [-0.1, -0.05) is 43.3 Å². The second-order valence-electron chi connectivity index (χ2n) is 6.62. The van der Waals surface area contributed by atoms with Gasteiger partial charge in [0.2, 0.25) is 0 Å². The van der Waals surface area contributed by atoms with E-state index in [0.717, 1.165) is 17.5 Å². The smallest absolute Gasteiger partial charge is 0.254 e. The lowest BCUT2D eigenvalue weighted by atomic mass is 10.0. The third-order valence-corrected chi connectivity index (χ3v) is 4.89. The summed E-state index contributed by atoms with van der Waals surface area (Å²) < 4.78 is 0. The summed E-state index contributed by atoms with van der Waals surface area (Å²) in [6, 6.07) is 14.8. The van der Waals surface area contributed by atoms with Crippen molar-refractivity contribution in [2.45, 2.75) is 31.9 Å². The van der Waals surface area contributed by atoms with Gasteiger partial charge in [-0.05, 0) is 35.2 Å². The summed E-state index contributed by atoms with van der Waals surface area (Å²) in [5.41, 5.74) is 3.82. The number of nitrogens with zero attached hydrogens (tertiary/aromatic N) is 1. The molecule has 5 heteroatoms. The standard InChI is InChI=1S/C21H23NO4/c1-2-14-3-5-15(6-4-14)16-7-9-17(10-8-16)21(26)22-12-18(24)11-19(22)20(25)13-23/h3-10,18-19,23-24H,2,11-13H2,1H3. The molecular formula is C21H23NO4. The number of likely N-dealkylation sites (tertiary alicyclic amines) is 1. The minimum absolute atomic E-state index is 0.107. The van der Waals surface area contributed by atoms with Crippen LogP contribution in [0.4, 0.5) is 0 Å². The van der Waals surface area contributed by atoms with E-state index in [9.17, 15) is 14.7 Å². The zero-order chi connectivity index (χ0) is 18.7. The molecule has 2 unspecified atom stereocenters. The molecule has 2 aromatic carbocycles. The lowest BCUT2D eigenvalue weighted by molar-refractivity contribution is -0.125. The largest absolute Gasteiger partial charge is 0.391 e. The Morgan fingerprint density at radius 3 is 2.15 bits per heavy atom. The van der Waals surface area contributed by atoms with Crippen molar-refractivity contribution >= 4 is 11.7 Å². The summed E-state index contributed by atoms with van der Waals surface area (Å²) in [6.07, 6.45) is 0.423. The van der Waals surface area contributed by atoms with Crippen LogP contribution in [0.5, 0.6) is 0 Å². The van der Waals surface area contributed by atoms with Crippen LogP contribution in [-0.2, 0) is 11.2 Å². The zero-order valence-electron chi connectivity index (χ0n) is 14.8. The van der Waals surface area contributed by atoms with Gasteiger partial charge in [0.15, 0.2) is 5.78 Å². The van der Waals surface area contributed by atoms with E-state index in [4.69, 9.17) is 5.11 Å². The average molecular weight is 353 g/mol. The van der Waals surface area contributed by atoms with Crippen molar-refractivity contribution in [2.24, 2.45) is 0 Å². The maximum absolute atomic E-state index is 12.7. The molecule has 0 radical (unpaired) electrons. The number of rotatable bonds is 5. The second kappa shape index (κ2) is 7.81. The number of hydrogen-bond donors (Lipinski definition) is 2. The highest BCUT2D eigenvalue weighted by Crippen LogP contribution is 2.24. The van der Waals surface area contributed by atoms with E-state index in [1.807, 2.05) is 12.1 Å². The summed E-state index contributed by atoms with van der Waals surface area (Å²) in [5, 5.41) is 18.9. The van der Waals surface area contributed by atoms with Gasteiger partial charge >= 0.3 is 0 Å². The normalized spacial score (nSPS) is 19.6. The van der Waals surface area contributed by atoms with Gasteiger partial charge in [-0.15, -0.1) is 0 Å². The molecule has 1 saturated heterocycles. The lowest BCUT2D eigenvalue weighted by Crippen LogP contribution is -2.41. The third-order valence-electron chi connectivity index (χ3n) is 4.89. The summed E-state index contributed by atoms with van der Waals surface area (Å²) in [4.78, 5) is 25.9. The molecule has 0 bridgehead atoms. The topological polar surface area (TPSA) is 77.8 Å². The van der Waals surface area contributed by atoms with Gasteiger partial charge in [0.25, 0.3) is 5.91 Å². The molecule has 2 atom stereocenters. The van der Waals surface area contributed by atoms with E-state index in [1.54, 1.807) is 12.1 Å². The fourth-order valence-corrected chi connectivity index (χ4v) is 3.35. The number of aliphatic hydroxyl groups is 2. The molecule has 0 saturated carbocycles. The summed E-state index contributed by atoms with van der Waals surface area (Å²) >= 11 is 0. The number of benzene rings is 2. The molecule has 2 aromatic rings. The Morgan fingerprint density at radius 1 is 1.04 bits per heavy atom. The van der Waals surface area contributed by atoms with Crippen LogP contribution in [0.1, 0.15) is 29.3 Å². The van der Waals surface area contributed by atoms with E-state index >= 15 is 0 Å². The summed E-state index contributed by atoms with van der Waals surface area (Å²) in [5.74, 6) is -0.747. The van der Waals surface area contributed by atoms with Crippen molar-refractivity contribution < 1.29 is 19.8 Å². The first kappa shape index (κ1) is 18.3. The number of aryl methyl sites for hydroxylation is 1. The molecule has 3 rings (SSSR count). The van der Waals surface area contributed by atoms with Crippen LogP contribution < -0.4 is 0 Å². The monoisotopic (exact) mass is 353 g/mol. The van der Waals surface area contributed by atoms with Gasteiger partial charge < -0.3 is 15.1 Å². The van der Waals surface area contributed by atoms with E-state index < -0.39 is 24.5 Å². The molecule has 0 spiro atoms. The molecule has 1 aliphatic heterocycles. The van der Waals surface area contributed by atoms with Crippen LogP contribution in [-0.4, -0.2) is 52.1 Å². The molecule has 26 heavy (non-hydrogen) atoms. The highest BCUT2D eigenvalue weighted by atomic mass is 16.3. The minimum Gasteiger partial charge on any atom is -0.391 e. The van der Waals surface area contributed by atoms with Gasteiger partial charge in [-0.2, -0.15) is 0 Å². The van der Waals surface area contributed by atoms with E-state index in [2.05, 4.69) is 31.2 Å². The van der Waals surface area contributed by atoms with Crippen molar-refractivity contribution in [1.82, 2.24) is 4.90 Å². The highest BCUT2D eigenvalue weighted by molar-refractivity contribution is 5.99. The number of aliphatic hydroxyl groups excluding tert-OH is 2. The van der Waals surface area contributed by atoms with Crippen LogP contribution in [0.25, 0.3) is 11.1 Å². The van der Waals surface area contributed by atoms with Crippen molar-refractivity contribution in [2.75, 3.05) is 13.2 Å². The summed E-state index contributed by atoms with van der Waals surface area (Å²) in [7, 11) is 0. The molecule has 0 aromatic heterocycles. The first-order valence-corrected chi connectivity index (χ1v) is 8.85. The molecule has 136 valence electrons. The molecule has 1 amide bonds. The molecular weight excluding hydrogens is 330 g/mol. The van der Waals surface area contributed by atoms with Crippen molar-refractivity contribution in [3.8, 4) is 11.1 Å². The van der Waals surface area contributed by atoms with Crippen molar-refractivity contribution in [3.63, 3.8) is 0 Å². The average Bonchev–Trinajstić information content (AvgIpc) is 3.08. The number of carbonyl (C=O) groups excluding carboxylic acids is 2. The number of hydrogen-bond acceptors (Lipinski definition) is 4. The molecule has 5 nitrogen and oxygen atoms in total. The molecule has 2 N–H and O–H groups in total. The Hall–Kier alpha value is -2.50. The van der Waals surface area contributed by atoms with Gasteiger partial charge in [0.1, 0.15) is 6.61 Å². The Kier molecular flexibility index (Phi) is 5.49. The van der Waals surface area contributed by atoms with Crippen LogP contribution >= 0.6 is 0 Å². The molecule has 0 aliphatic carbocycles. The Balaban J connectivity index is 1.79. The van der Waals surface area contributed by atoms with Crippen molar-refractivity contribution in [1.29, 1.82) is 0 Å². The number of carbonyl (C=O) groups is 2. The second-order valence-corrected chi connectivity index (χ2v) is 6.62. The van der Waals surface area contributed by atoms with Gasteiger partial charge in [-0.3, -0.25) is 9.59 Å². The van der Waals surface area contributed by atoms with Crippen LogP contribution in [0.2, 0.25) is 0 Å². The third kappa shape index (κ3) is 3.69. The van der Waals surface area contributed by atoms with Crippen LogP contribution in [0.15, 0.2) is 48.5 Å². The Morgan fingerprint density at radius 2 is 1.62 bits per heavy atom. The fourth-order valence-electron chi connectivity index (χ4n) is 3.35. The number of amides is 1. The minimum atomic E-state index is -0.760. The number of β-amino-alcohol motifs (C(OH)–C–C–N with tert-alkyl or cyclic N) is 1. The molecule has 1 aliphatic rings. The maximum Gasteiger partial charge on any atom is 0.254 e. The first-order valence-electron chi connectivity index (χ1n) is 8.85. The first-order chi connectivity index (χ1) is 12.5. The lowest BCUT2D eigenvalue weighted by Gasteiger charge is -2.23. The van der Waals surface area contributed by atoms with E-state index in [-0.39, 0.29) is 18.9 Å². The summed E-state index contributed by atoms with van der Waals surface area (Å²) in [6.45, 7) is 1.59. The van der Waals surface area contributed by atoms with Gasteiger partial charge in [0.05, 0.1) is 12.1 Å². The quantitative estimate of drug-likeness (QED) is 0.862. The Bertz CT molecular complexity index is 783. The molecule has 1 heterocycles. The van der Waals surface area contributed by atoms with Crippen LogP contribution in [0.3, 0.4) is 0 Å². The SMILES string of the molecule is CCc1ccc(-c2ccc(C(=O)N3CC(O)CC3C(=O)CO)cc2)cc1. The maximum atomic E-state index is 12.7. The fraction of sp³-hybridized carbons (Fsp3) is 0.333.